The number of urea groups is 1. The summed E-state index contributed by atoms with van der Waals surface area (Å²) in [6.45, 7) is 0.548. The van der Waals surface area contributed by atoms with Crippen molar-refractivity contribution in [1.82, 2.24) is 15.1 Å². The number of hydrogen-bond acceptors (Lipinski definition) is 5. The third-order valence-corrected chi connectivity index (χ3v) is 4.78. The summed E-state index contributed by atoms with van der Waals surface area (Å²) in [4.78, 5) is 39.0. The Hall–Kier alpha value is -3.62. The Morgan fingerprint density at radius 3 is 2.81 bits per heavy atom. The lowest BCUT2D eigenvalue weighted by Gasteiger charge is -2.31. The van der Waals surface area contributed by atoms with Gasteiger partial charge in [-0.05, 0) is 17.7 Å². The van der Waals surface area contributed by atoms with Gasteiger partial charge in [-0.2, -0.15) is 0 Å². The van der Waals surface area contributed by atoms with Gasteiger partial charge in [-0.25, -0.2) is 4.79 Å². The molecule has 1 aromatic carbocycles. The van der Waals surface area contributed by atoms with Crippen LogP contribution in [0.25, 0.3) is 0 Å². The number of carbonyl (C=O) groups is 2. The molecule has 1 atom stereocenters. The SMILES string of the molecule is CN1C(=O)N[C@@H](c2cccc([N+](=O)[O-])c2)C2=C1CN(Cc1ccco1)C2=O. The maximum absolute atomic E-state index is 13.0. The highest BCUT2D eigenvalue weighted by Gasteiger charge is 2.43. The molecule has 3 amide bonds. The number of amides is 3. The van der Waals surface area contributed by atoms with Gasteiger partial charge in [0, 0.05) is 19.2 Å². The standard InChI is InChI=1S/C18H16N4O5/c1-20-14-10-21(9-13-6-3-7-27-13)17(23)15(14)16(19-18(20)24)11-4-2-5-12(8-11)22(25)26/h2-8,16H,9-10H2,1H3,(H,19,24)/t16-/m0/s1. The second-order valence-electron chi connectivity index (χ2n) is 6.39. The van der Waals surface area contributed by atoms with Gasteiger partial charge in [0.1, 0.15) is 5.76 Å². The molecule has 138 valence electrons. The van der Waals surface area contributed by atoms with Crippen LogP contribution in [0.15, 0.2) is 58.3 Å². The Kier molecular flexibility index (Phi) is 3.91. The molecule has 0 saturated heterocycles. The Labute approximate surface area is 154 Å². The molecule has 9 nitrogen and oxygen atoms in total. The topological polar surface area (TPSA) is 109 Å². The molecule has 0 fully saturated rings. The van der Waals surface area contributed by atoms with Gasteiger partial charge in [0.2, 0.25) is 0 Å². The van der Waals surface area contributed by atoms with Crippen LogP contribution in [0.5, 0.6) is 0 Å². The van der Waals surface area contributed by atoms with E-state index in [1.807, 2.05) is 0 Å². The summed E-state index contributed by atoms with van der Waals surface area (Å²) in [6.07, 6.45) is 1.53. The molecule has 1 aromatic heterocycles. The largest absolute Gasteiger partial charge is 0.467 e. The number of hydrogen-bond donors (Lipinski definition) is 1. The van der Waals surface area contributed by atoms with Crippen LogP contribution in [-0.4, -0.2) is 40.3 Å². The van der Waals surface area contributed by atoms with E-state index < -0.39 is 11.0 Å². The third-order valence-electron chi connectivity index (χ3n) is 4.78. The van der Waals surface area contributed by atoms with E-state index in [9.17, 15) is 19.7 Å². The molecular weight excluding hydrogens is 352 g/mol. The van der Waals surface area contributed by atoms with Crippen LogP contribution >= 0.6 is 0 Å². The lowest BCUT2D eigenvalue weighted by molar-refractivity contribution is -0.384. The monoisotopic (exact) mass is 368 g/mol. The van der Waals surface area contributed by atoms with Crippen molar-refractivity contribution >= 4 is 17.6 Å². The number of benzene rings is 1. The van der Waals surface area contributed by atoms with Crippen LogP contribution in [-0.2, 0) is 11.3 Å². The number of non-ortho nitro benzene ring substituents is 1. The molecule has 0 aliphatic carbocycles. The molecule has 0 spiro atoms. The van der Waals surface area contributed by atoms with E-state index in [4.69, 9.17) is 4.42 Å². The van der Waals surface area contributed by atoms with E-state index in [1.54, 1.807) is 30.1 Å². The molecule has 1 N–H and O–H groups in total. The molecule has 0 radical (unpaired) electrons. The van der Waals surface area contributed by atoms with Crippen molar-refractivity contribution in [3.63, 3.8) is 0 Å². The summed E-state index contributed by atoms with van der Waals surface area (Å²) < 4.78 is 5.32. The molecule has 2 aliphatic rings. The van der Waals surface area contributed by atoms with Crippen LogP contribution in [0, 0.1) is 10.1 Å². The van der Waals surface area contributed by atoms with E-state index in [-0.39, 0.29) is 30.7 Å². The average molecular weight is 368 g/mol. The van der Waals surface area contributed by atoms with Crippen molar-refractivity contribution in [2.24, 2.45) is 0 Å². The highest BCUT2D eigenvalue weighted by molar-refractivity contribution is 6.01. The number of nitrogens with zero attached hydrogens (tertiary/aromatic N) is 3. The number of nitro groups is 1. The van der Waals surface area contributed by atoms with Gasteiger partial charge in [-0.1, -0.05) is 12.1 Å². The van der Waals surface area contributed by atoms with Crippen molar-refractivity contribution in [3.8, 4) is 0 Å². The van der Waals surface area contributed by atoms with Gasteiger partial charge in [-0.3, -0.25) is 19.8 Å². The number of nitro benzene ring substituents is 1. The van der Waals surface area contributed by atoms with Crippen molar-refractivity contribution < 1.29 is 18.9 Å². The fraction of sp³-hybridized carbons (Fsp3) is 0.222. The number of carbonyl (C=O) groups excluding carboxylic acids is 2. The second-order valence-corrected chi connectivity index (χ2v) is 6.39. The maximum Gasteiger partial charge on any atom is 0.322 e. The zero-order valence-corrected chi connectivity index (χ0v) is 14.4. The predicted octanol–water partition coefficient (Wildman–Crippen LogP) is 2.18. The fourth-order valence-corrected chi connectivity index (χ4v) is 3.41. The van der Waals surface area contributed by atoms with Gasteiger partial charge in [0.15, 0.2) is 0 Å². The zero-order valence-electron chi connectivity index (χ0n) is 14.4. The van der Waals surface area contributed by atoms with Crippen LogP contribution in [0.2, 0.25) is 0 Å². The minimum absolute atomic E-state index is 0.0966. The summed E-state index contributed by atoms with van der Waals surface area (Å²) in [5, 5.41) is 13.9. The summed E-state index contributed by atoms with van der Waals surface area (Å²) in [6, 6.07) is 8.37. The number of likely N-dealkylation sites (N-methyl/N-ethyl adjacent to an activating group) is 1. The van der Waals surface area contributed by atoms with Gasteiger partial charge < -0.3 is 14.6 Å². The van der Waals surface area contributed by atoms with Gasteiger partial charge in [0.05, 0.1) is 41.6 Å². The third kappa shape index (κ3) is 2.82. The minimum atomic E-state index is -0.738. The number of rotatable bonds is 4. The normalized spacial score (nSPS) is 19.4. The average Bonchev–Trinajstić information content (AvgIpc) is 3.28. The predicted molar refractivity (Wildman–Crippen MR) is 93.3 cm³/mol. The first-order valence-corrected chi connectivity index (χ1v) is 8.29. The molecule has 4 rings (SSSR count). The Balaban J connectivity index is 1.71. The summed E-state index contributed by atoms with van der Waals surface area (Å²) in [7, 11) is 1.60. The first kappa shape index (κ1) is 16.8. The van der Waals surface area contributed by atoms with Crippen LogP contribution in [0.3, 0.4) is 0 Å². The highest BCUT2D eigenvalue weighted by atomic mass is 16.6. The van der Waals surface area contributed by atoms with E-state index in [1.165, 1.54) is 29.4 Å². The van der Waals surface area contributed by atoms with E-state index in [0.717, 1.165) is 0 Å². The Morgan fingerprint density at radius 2 is 2.11 bits per heavy atom. The summed E-state index contributed by atoms with van der Waals surface area (Å²) in [5.74, 6) is 0.404. The molecule has 9 heteroatoms. The lowest BCUT2D eigenvalue weighted by Crippen LogP contribution is -2.45. The number of nitrogens with one attached hydrogen (secondary N) is 1. The highest BCUT2D eigenvalue weighted by Crippen LogP contribution is 2.36. The maximum atomic E-state index is 13.0. The quantitative estimate of drug-likeness (QED) is 0.657. The Morgan fingerprint density at radius 1 is 1.30 bits per heavy atom. The van der Waals surface area contributed by atoms with E-state index in [2.05, 4.69) is 5.32 Å². The fourth-order valence-electron chi connectivity index (χ4n) is 3.41. The molecule has 27 heavy (non-hydrogen) atoms. The van der Waals surface area contributed by atoms with E-state index in [0.29, 0.717) is 22.6 Å². The van der Waals surface area contributed by atoms with Crippen LogP contribution < -0.4 is 5.32 Å². The number of furan rings is 1. The lowest BCUT2D eigenvalue weighted by atomic mass is 9.95. The second kappa shape index (κ2) is 6.27. The summed E-state index contributed by atoms with van der Waals surface area (Å²) in [5.41, 5.74) is 1.41. The molecule has 2 aliphatic heterocycles. The molecular formula is C18H16N4O5. The zero-order chi connectivity index (χ0) is 19.1. The first-order chi connectivity index (χ1) is 13.0. The molecule has 0 saturated carbocycles. The first-order valence-electron chi connectivity index (χ1n) is 8.29. The van der Waals surface area contributed by atoms with Gasteiger partial charge >= 0.3 is 6.03 Å². The smallest absolute Gasteiger partial charge is 0.322 e. The van der Waals surface area contributed by atoms with E-state index >= 15 is 0 Å². The molecule has 0 bridgehead atoms. The van der Waals surface area contributed by atoms with Crippen LogP contribution in [0.1, 0.15) is 17.4 Å². The van der Waals surface area contributed by atoms with Gasteiger partial charge in [0.25, 0.3) is 11.6 Å². The van der Waals surface area contributed by atoms with Crippen molar-refractivity contribution in [2.75, 3.05) is 13.6 Å². The van der Waals surface area contributed by atoms with Crippen LogP contribution in [0.4, 0.5) is 10.5 Å². The van der Waals surface area contributed by atoms with Crippen molar-refractivity contribution in [2.45, 2.75) is 12.6 Å². The Bertz CT molecular complexity index is 966. The van der Waals surface area contributed by atoms with Gasteiger partial charge in [-0.15, -0.1) is 0 Å². The summed E-state index contributed by atoms with van der Waals surface area (Å²) >= 11 is 0. The minimum Gasteiger partial charge on any atom is -0.467 e. The molecule has 3 heterocycles. The molecule has 0 unspecified atom stereocenters. The molecule has 2 aromatic rings. The van der Waals surface area contributed by atoms with Crippen molar-refractivity contribution in [1.29, 1.82) is 0 Å². The van der Waals surface area contributed by atoms with Crippen molar-refractivity contribution in [3.05, 3.63) is 75.4 Å².